The van der Waals surface area contributed by atoms with Gasteiger partial charge in [-0.1, -0.05) is 0 Å². The third-order valence-electron chi connectivity index (χ3n) is 3.21. The fraction of sp³-hybridized carbons (Fsp3) is 0.562. The molecule has 0 heterocycles. The molecule has 1 rings (SSSR count). The summed E-state index contributed by atoms with van der Waals surface area (Å²) in [4.78, 5) is 14.4. The van der Waals surface area contributed by atoms with E-state index in [9.17, 15) is 4.79 Å². The van der Waals surface area contributed by atoms with Gasteiger partial charge in [0.2, 0.25) is 0 Å². The number of hydrogen-bond acceptors (Lipinski definition) is 6. The van der Waals surface area contributed by atoms with Gasteiger partial charge in [0.15, 0.2) is 0 Å². The molecular weight excluding hydrogens is 300 g/mol. The van der Waals surface area contributed by atoms with E-state index in [1.165, 1.54) is 0 Å². The topological polar surface area (TPSA) is 104 Å². The maximum atomic E-state index is 10.7. The first-order valence-electron chi connectivity index (χ1n) is 7.43. The fourth-order valence-corrected chi connectivity index (χ4v) is 1.93. The molecule has 0 spiro atoms. The van der Waals surface area contributed by atoms with Gasteiger partial charge in [-0.05, 0) is 30.7 Å². The summed E-state index contributed by atoms with van der Waals surface area (Å²) in [5.74, 6) is -0.872. The molecule has 0 saturated carbocycles. The van der Waals surface area contributed by atoms with Crippen LogP contribution in [-0.4, -0.2) is 84.8 Å². The van der Waals surface area contributed by atoms with Crippen LogP contribution >= 0.6 is 0 Å². The van der Waals surface area contributed by atoms with Crippen molar-refractivity contribution in [1.29, 1.82) is 0 Å². The van der Waals surface area contributed by atoms with Crippen LogP contribution in [0.4, 0.5) is 5.69 Å². The Bertz CT molecular complexity index is 452. The van der Waals surface area contributed by atoms with Gasteiger partial charge in [0.05, 0.1) is 25.4 Å². The van der Waals surface area contributed by atoms with Crippen LogP contribution in [-0.2, 0) is 0 Å². The first-order chi connectivity index (χ1) is 10.9. The predicted molar refractivity (Wildman–Crippen MR) is 90.2 cm³/mol. The van der Waals surface area contributed by atoms with E-state index in [1.54, 1.807) is 24.0 Å². The lowest BCUT2D eigenvalue weighted by Crippen LogP contribution is -2.32. The Balaban J connectivity index is 0.000000438. The van der Waals surface area contributed by atoms with E-state index in [1.807, 2.05) is 25.1 Å². The van der Waals surface area contributed by atoms with Crippen molar-refractivity contribution in [3.05, 3.63) is 29.3 Å². The minimum atomic E-state index is -0.872. The summed E-state index contributed by atoms with van der Waals surface area (Å²) in [5.41, 5.74) is 2.17. The van der Waals surface area contributed by atoms with Crippen molar-refractivity contribution >= 4 is 11.7 Å². The summed E-state index contributed by atoms with van der Waals surface area (Å²) in [5, 5.41) is 34.2. The molecular formula is C16H28N2O5. The highest BCUT2D eigenvalue weighted by atomic mass is 16.4. The van der Waals surface area contributed by atoms with Gasteiger partial charge in [-0.2, -0.15) is 0 Å². The van der Waals surface area contributed by atoms with Crippen LogP contribution in [0.2, 0.25) is 0 Å². The highest BCUT2D eigenvalue weighted by Gasteiger charge is 2.07. The van der Waals surface area contributed by atoms with Crippen molar-refractivity contribution in [3.63, 3.8) is 0 Å². The number of aryl methyl sites for hydroxylation is 1. The third-order valence-corrected chi connectivity index (χ3v) is 3.21. The van der Waals surface area contributed by atoms with E-state index in [2.05, 4.69) is 0 Å². The number of rotatable bonds is 8. The first-order valence-corrected chi connectivity index (χ1v) is 7.43. The predicted octanol–water partition coefficient (Wildman–Crippen LogP) is 0.0245. The molecule has 0 aliphatic rings. The Morgan fingerprint density at radius 1 is 1.00 bits per heavy atom. The zero-order valence-electron chi connectivity index (χ0n) is 14.1. The van der Waals surface area contributed by atoms with E-state index in [4.69, 9.17) is 20.4 Å². The molecule has 23 heavy (non-hydrogen) atoms. The van der Waals surface area contributed by atoms with Gasteiger partial charge in [0, 0.05) is 39.4 Å². The van der Waals surface area contributed by atoms with E-state index in [-0.39, 0.29) is 19.8 Å². The summed E-state index contributed by atoms with van der Waals surface area (Å²) in [6.07, 6.45) is 0. The Hall–Kier alpha value is -1.67. The van der Waals surface area contributed by atoms with Crippen LogP contribution in [0.1, 0.15) is 15.9 Å². The number of nitrogens with zero attached hydrogens (tertiary/aromatic N) is 2. The molecule has 132 valence electrons. The summed E-state index contributed by atoms with van der Waals surface area (Å²) in [7, 11) is 3.85. The molecule has 0 aromatic heterocycles. The van der Waals surface area contributed by atoms with Crippen LogP contribution < -0.4 is 4.90 Å². The Labute approximate surface area is 137 Å². The quantitative estimate of drug-likeness (QED) is 0.533. The molecule has 1 aromatic rings. The molecule has 7 heteroatoms. The summed E-state index contributed by atoms with van der Waals surface area (Å²) < 4.78 is 0. The maximum Gasteiger partial charge on any atom is 0.335 e. The SMILES string of the molecule is Cc1cc(N(C)C)ccc1C(=O)O.OCCN(CCO)CCO. The van der Waals surface area contributed by atoms with Crippen molar-refractivity contribution in [3.8, 4) is 0 Å². The van der Waals surface area contributed by atoms with E-state index >= 15 is 0 Å². The molecule has 0 amide bonds. The molecule has 0 aliphatic carbocycles. The largest absolute Gasteiger partial charge is 0.478 e. The third kappa shape index (κ3) is 8.51. The molecule has 0 radical (unpaired) electrons. The number of carboxylic acids is 1. The van der Waals surface area contributed by atoms with Gasteiger partial charge in [-0.25, -0.2) is 4.79 Å². The fourth-order valence-electron chi connectivity index (χ4n) is 1.93. The van der Waals surface area contributed by atoms with E-state index in [0.717, 1.165) is 11.3 Å². The number of hydrogen-bond donors (Lipinski definition) is 4. The lowest BCUT2D eigenvalue weighted by atomic mass is 10.1. The minimum absolute atomic E-state index is 0.0694. The number of benzene rings is 1. The van der Waals surface area contributed by atoms with Gasteiger partial charge in [0.25, 0.3) is 0 Å². The van der Waals surface area contributed by atoms with Gasteiger partial charge < -0.3 is 25.3 Å². The Kier molecular flexibility index (Phi) is 11.0. The maximum absolute atomic E-state index is 10.7. The monoisotopic (exact) mass is 328 g/mol. The lowest BCUT2D eigenvalue weighted by Gasteiger charge is -2.17. The van der Waals surface area contributed by atoms with Gasteiger partial charge in [-0.15, -0.1) is 0 Å². The second kappa shape index (κ2) is 11.8. The van der Waals surface area contributed by atoms with Crippen LogP contribution in [0.5, 0.6) is 0 Å². The zero-order chi connectivity index (χ0) is 17.8. The highest BCUT2D eigenvalue weighted by molar-refractivity contribution is 5.89. The normalized spacial score (nSPS) is 10.2. The summed E-state index contributed by atoms with van der Waals surface area (Å²) in [6.45, 7) is 3.56. The average Bonchev–Trinajstić information content (AvgIpc) is 2.48. The van der Waals surface area contributed by atoms with Crippen LogP contribution in [0.15, 0.2) is 18.2 Å². The minimum Gasteiger partial charge on any atom is -0.478 e. The molecule has 0 atom stereocenters. The van der Waals surface area contributed by atoms with Crippen molar-refractivity contribution in [2.75, 3.05) is 58.5 Å². The number of carboxylic acid groups (broad SMARTS) is 1. The Morgan fingerprint density at radius 2 is 1.48 bits per heavy atom. The van der Waals surface area contributed by atoms with Crippen LogP contribution in [0.3, 0.4) is 0 Å². The van der Waals surface area contributed by atoms with Crippen LogP contribution in [0.25, 0.3) is 0 Å². The number of aromatic carboxylic acids is 1. The number of anilines is 1. The van der Waals surface area contributed by atoms with E-state index < -0.39 is 5.97 Å². The van der Waals surface area contributed by atoms with Crippen molar-refractivity contribution < 1.29 is 25.2 Å². The molecule has 0 fully saturated rings. The highest BCUT2D eigenvalue weighted by Crippen LogP contribution is 2.16. The molecule has 0 unspecified atom stereocenters. The molecule has 0 saturated heterocycles. The van der Waals surface area contributed by atoms with E-state index in [0.29, 0.717) is 25.2 Å². The van der Waals surface area contributed by atoms with Crippen molar-refractivity contribution in [2.45, 2.75) is 6.92 Å². The molecule has 4 N–H and O–H groups in total. The first kappa shape index (κ1) is 21.3. The van der Waals surface area contributed by atoms with Gasteiger partial charge in [-0.3, -0.25) is 4.90 Å². The second-order valence-electron chi connectivity index (χ2n) is 5.21. The number of aliphatic hydroxyl groups excluding tert-OH is 3. The van der Waals surface area contributed by atoms with Crippen LogP contribution in [0, 0.1) is 6.92 Å². The molecule has 7 nitrogen and oxygen atoms in total. The zero-order valence-corrected chi connectivity index (χ0v) is 14.1. The Morgan fingerprint density at radius 3 is 1.78 bits per heavy atom. The second-order valence-corrected chi connectivity index (χ2v) is 5.21. The molecule has 1 aromatic carbocycles. The van der Waals surface area contributed by atoms with Crippen molar-refractivity contribution in [1.82, 2.24) is 4.90 Å². The summed E-state index contributed by atoms with van der Waals surface area (Å²) in [6, 6.07) is 5.30. The van der Waals surface area contributed by atoms with Crippen molar-refractivity contribution in [2.24, 2.45) is 0 Å². The van der Waals surface area contributed by atoms with Gasteiger partial charge >= 0.3 is 5.97 Å². The summed E-state index contributed by atoms with van der Waals surface area (Å²) >= 11 is 0. The smallest absolute Gasteiger partial charge is 0.335 e. The lowest BCUT2D eigenvalue weighted by molar-refractivity contribution is 0.0696. The molecule has 0 bridgehead atoms. The molecule has 0 aliphatic heterocycles. The van der Waals surface area contributed by atoms with Gasteiger partial charge in [0.1, 0.15) is 0 Å². The average molecular weight is 328 g/mol. The number of aliphatic hydroxyl groups is 3. The standard InChI is InChI=1S/C10H13NO2.C6H15NO3/c1-7-6-8(11(2)3)4-5-9(7)10(12)13;8-4-1-7(2-5-9)3-6-10/h4-6H,1-3H3,(H,12,13);8-10H,1-6H2. The number of carbonyl (C=O) groups is 1.